The van der Waals surface area contributed by atoms with Gasteiger partial charge in [0, 0.05) is 12.5 Å². The van der Waals surface area contributed by atoms with E-state index in [0.717, 1.165) is 25.9 Å². The topological polar surface area (TPSA) is 148 Å². The van der Waals surface area contributed by atoms with Gasteiger partial charge in [0.25, 0.3) is 0 Å². The van der Waals surface area contributed by atoms with Crippen molar-refractivity contribution < 1.29 is 19.5 Å². The van der Waals surface area contributed by atoms with Gasteiger partial charge in [-0.1, -0.05) is 66.2 Å². The Morgan fingerprint density at radius 1 is 1.06 bits per heavy atom. The molecule has 0 aromatic carbocycles. The summed E-state index contributed by atoms with van der Waals surface area (Å²) < 4.78 is 0. The van der Waals surface area contributed by atoms with Gasteiger partial charge in [-0.25, -0.2) is 0 Å². The van der Waals surface area contributed by atoms with Gasteiger partial charge in [0.05, 0.1) is 24.5 Å². The van der Waals surface area contributed by atoms with Gasteiger partial charge in [-0.2, -0.15) is 0 Å². The second-order valence-electron chi connectivity index (χ2n) is 9.17. The number of aliphatic hydroxyl groups is 1. The quantitative estimate of drug-likeness (QED) is 0.260. The molecule has 1 aliphatic rings. The first-order chi connectivity index (χ1) is 15.6. The van der Waals surface area contributed by atoms with E-state index in [-0.39, 0.29) is 35.9 Å². The smallest absolute Gasteiger partial charge is 0.223 e. The third kappa shape index (κ3) is 20.8. The molecule has 196 valence electrons. The highest BCUT2D eigenvalue weighted by Crippen LogP contribution is 2.08. The van der Waals surface area contributed by atoms with Crippen LogP contribution < -0.4 is 22.1 Å². The number of unbranched alkanes of at least 4 members (excludes halogenated alkanes) is 5. The molecule has 3 unspecified atom stereocenters. The minimum atomic E-state index is -0.701. The lowest BCUT2D eigenvalue weighted by Crippen LogP contribution is -2.44. The molecule has 8 heteroatoms. The molecule has 33 heavy (non-hydrogen) atoms. The molecule has 1 heterocycles. The zero-order valence-corrected chi connectivity index (χ0v) is 21.8. The van der Waals surface area contributed by atoms with E-state index in [1.165, 1.54) is 45.4 Å². The Balaban J connectivity index is 0. The lowest BCUT2D eigenvalue weighted by atomic mass is 9.99. The SMILES string of the molecule is CC(O)CC(=O)NC(CCN)C(=O)C(C)C.CCCCCCCC.NC(=O)C1CCCNC1. The zero-order chi connectivity index (χ0) is 25.6. The maximum atomic E-state index is 11.7. The normalized spacial score (nSPS) is 17.0. The molecule has 1 aliphatic heterocycles. The summed E-state index contributed by atoms with van der Waals surface area (Å²) in [4.78, 5) is 33.7. The van der Waals surface area contributed by atoms with Gasteiger partial charge in [0.15, 0.2) is 5.78 Å². The average molecular weight is 473 g/mol. The van der Waals surface area contributed by atoms with E-state index >= 15 is 0 Å². The Labute approximate surface area is 202 Å². The van der Waals surface area contributed by atoms with E-state index in [1.807, 2.05) is 0 Å². The van der Waals surface area contributed by atoms with Crippen molar-refractivity contribution in [2.45, 2.75) is 111 Å². The van der Waals surface area contributed by atoms with E-state index in [9.17, 15) is 14.4 Å². The molecule has 1 saturated heterocycles. The van der Waals surface area contributed by atoms with Gasteiger partial charge in [0.1, 0.15) is 0 Å². The van der Waals surface area contributed by atoms with Crippen molar-refractivity contribution in [1.29, 1.82) is 0 Å². The number of primary amides is 1. The molecule has 7 N–H and O–H groups in total. The van der Waals surface area contributed by atoms with Crippen molar-refractivity contribution in [2.75, 3.05) is 19.6 Å². The van der Waals surface area contributed by atoms with E-state index in [2.05, 4.69) is 24.5 Å². The highest BCUT2D eigenvalue weighted by atomic mass is 16.3. The molecule has 0 aliphatic carbocycles. The Morgan fingerprint density at radius 2 is 1.64 bits per heavy atom. The first-order valence-corrected chi connectivity index (χ1v) is 12.8. The van der Waals surface area contributed by atoms with Crippen LogP contribution in [0.5, 0.6) is 0 Å². The number of nitrogens with two attached hydrogens (primary N) is 2. The molecular weight excluding hydrogens is 420 g/mol. The predicted molar refractivity (Wildman–Crippen MR) is 136 cm³/mol. The summed E-state index contributed by atoms with van der Waals surface area (Å²) >= 11 is 0. The second kappa shape index (κ2) is 22.3. The maximum absolute atomic E-state index is 11.7. The van der Waals surface area contributed by atoms with E-state index < -0.39 is 12.1 Å². The summed E-state index contributed by atoms with van der Waals surface area (Å²) in [6.07, 6.45) is 10.3. The van der Waals surface area contributed by atoms with Gasteiger partial charge >= 0.3 is 0 Å². The second-order valence-corrected chi connectivity index (χ2v) is 9.17. The van der Waals surface area contributed by atoms with Gasteiger partial charge in [-0.3, -0.25) is 14.4 Å². The number of rotatable bonds is 13. The zero-order valence-electron chi connectivity index (χ0n) is 21.8. The number of amides is 2. The van der Waals surface area contributed by atoms with Crippen LogP contribution in [0, 0.1) is 11.8 Å². The molecule has 0 aromatic heterocycles. The average Bonchev–Trinajstić information content (AvgIpc) is 2.77. The minimum Gasteiger partial charge on any atom is -0.393 e. The Morgan fingerprint density at radius 3 is 1.97 bits per heavy atom. The molecular formula is C25H52N4O4. The standard InChI is InChI=1S/C11H22N2O3.C8H18.C6H12N2O/c1-7(2)11(16)9(4-5-12)13-10(15)6-8(3)14;1-3-5-7-8-6-4-2;7-6(9)5-2-1-3-8-4-5/h7-9,14H,4-6,12H2,1-3H3,(H,13,15);3-8H2,1-2H3;5,8H,1-4H2,(H2,7,9). The molecule has 0 saturated carbocycles. The van der Waals surface area contributed by atoms with E-state index in [4.69, 9.17) is 16.6 Å². The van der Waals surface area contributed by atoms with Crippen LogP contribution >= 0.6 is 0 Å². The van der Waals surface area contributed by atoms with Crippen LogP contribution in [-0.2, 0) is 14.4 Å². The first-order valence-electron chi connectivity index (χ1n) is 12.8. The number of ketones is 1. The number of aliphatic hydroxyl groups excluding tert-OH is 1. The molecule has 3 atom stereocenters. The van der Waals surface area contributed by atoms with Crippen molar-refractivity contribution in [3.63, 3.8) is 0 Å². The summed E-state index contributed by atoms with van der Waals surface area (Å²) in [5, 5.41) is 14.8. The fourth-order valence-corrected chi connectivity index (χ4v) is 3.32. The molecule has 2 amide bonds. The number of piperidine rings is 1. The number of hydrogen-bond donors (Lipinski definition) is 5. The fraction of sp³-hybridized carbons (Fsp3) is 0.880. The van der Waals surface area contributed by atoms with Gasteiger partial charge in [-0.15, -0.1) is 0 Å². The summed E-state index contributed by atoms with van der Waals surface area (Å²) in [5.74, 6) is -0.559. The maximum Gasteiger partial charge on any atom is 0.223 e. The van der Waals surface area contributed by atoms with Crippen LogP contribution in [0.2, 0.25) is 0 Å². The third-order valence-corrected chi connectivity index (χ3v) is 5.34. The minimum absolute atomic E-state index is 0.00640. The highest BCUT2D eigenvalue weighted by Gasteiger charge is 2.22. The summed E-state index contributed by atoms with van der Waals surface area (Å²) in [6.45, 7) is 11.8. The lowest BCUT2D eigenvalue weighted by molar-refractivity contribution is -0.130. The molecule has 0 radical (unpaired) electrons. The van der Waals surface area contributed by atoms with Crippen LogP contribution in [0.1, 0.15) is 98.8 Å². The van der Waals surface area contributed by atoms with Crippen molar-refractivity contribution >= 4 is 17.6 Å². The summed E-state index contributed by atoms with van der Waals surface area (Å²) in [6, 6.07) is -0.531. The number of carbonyl (C=O) groups excluding carboxylic acids is 3. The highest BCUT2D eigenvalue weighted by molar-refractivity contribution is 5.90. The van der Waals surface area contributed by atoms with E-state index in [1.54, 1.807) is 13.8 Å². The van der Waals surface area contributed by atoms with Crippen molar-refractivity contribution in [1.82, 2.24) is 10.6 Å². The van der Waals surface area contributed by atoms with Crippen molar-refractivity contribution in [2.24, 2.45) is 23.3 Å². The molecule has 0 aromatic rings. The number of nitrogens with one attached hydrogen (secondary N) is 2. The van der Waals surface area contributed by atoms with Crippen molar-refractivity contribution in [3.05, 3.63) is 0 Å². The molecule has 8 nitrogen and oxygen atoms in total. The molecule has 0 bridgehead atoms. The van der Waals surface area contributed by atoms with Crippen LogP contribution in [0.25, 0.3) is 0 Å². The molecule has 1 rings (SSSR count). The van der Waals surface area contributed by atoms with Crippen LogP contribution in [-0.4, -0.2) is 54.5 Å². The summed E-state index contributed by atoms with van der Waals surface area (Å²) in [7, 11) is 0. The first kappa shape index (κ1) is 33.7. The van der Waals surface area contributed by atoms with Gasteiger partial charge in [-0.05, 0) is 39.3 Å². The number of hydrogen-bond acceptors (Lipinski definition) is 6. The number of Topliss-reactive ketones (excluding diaryl/α,β-unsaturated/α-hetero) is 1. The van der Waals surface area contributed by atoms with E-state index in [0.29, 0.717) is 13.0 Å². The van der Waals surface area contributed by atoms with Crippen molar-refractivity contribution in [3.8, 4) is 0 Å². The third-order valence-electron chi connectivity index (χ3n) is 5.34. The molecule has 0 spiro atoms. The van der Waals surface area contributed by atoms with Gasteiger partial charge in [0.2, 0.25) is 11.8 Å². The van der Waals surface area contributed by atoms with Crippen LogP contribution in [0.3, 0.4) is 0 Å². The fourth-order valence-electron chi connectivity index (χ4n) is 3.32. The molecule has 1 fully saturated rings. The lowest BCUT2D eigenvalue weighted by Gasteiger charge is -2.19. The van der Waals surface area contributed by atoms with Crippen LogP contribution in [0.4, 0.5) is 0 Å². The monoisotopic (exact) mass is 472 g/mol. The Kier molecular flexibility index (Phi) is 22.7. The number of carbonyl (C=O) groups is 3. The van der Waals surface area contributed by atoms with Crippen LogP contribution in [0.15, 0.2) is 0 Å². The Bertz CT molecular complexity index is 501. The van der Waals surface area contributed by atoms with Gasteiger partial charge < -0.3 is 27.2 Å². The predicted octanol–water partition coefficient (Wildman–Crippen LogP) is 2.65. The Hall–Kier alpha value is -1.51. The largest absolute Gasteiger partial charge is 0.393 e. The summed E-state index contributed by atoms with van der Waals surface area (Å²) in [5.41, 5.74) is 10.5.